The lowest BCUT2D eigenvalue weighted by Gasteiger charge is -2.21. The first kappa shape index (κ1) is 14.7. The Morgan fingerprint density at radius 3 is 2.60 bits per heavy atom. The number of aryl methyl sites for hydroxylation is 1. The molecule has 0 fully saturated rings. The van der Waals surface area contributed by atoms with Gasteiger partial charge in [-0.3, -0.25) is 0 Å². The van der Waals surface area contributed by atoms with Crippen LogP contribution in [0.3, 0.4) is 0 Å². The number of hydrogen-bond acceptors (Lipinski definition) is 5. The molecule has 2 aromatic heterocycles. The van der Waals surface area contributed by atoms with Crippen LogP contribution in [0, 0.1) is 6.92 Å². The average Bonchev–Trinajstić information content (AvgIpc) is 2.87. The lowest BCUT2D eigenvalue weighted by atomic mass is 10.3. The maximum Gasteiger partial charge on any atom is 0.183 e. The predicted molar refractivity (Wildman–Crippen MR) is 81.9 cm³/mol. The van der Waals surface area contributed by atoms with Gasteiger partial charge in [0.15, 0.2) is 11.5 Å². The van der Waals surface area contributed by atoms with Crippen LogP contribution in [0.15, 0.2) is 6.33 Å². The van der Waals surface area contributed by atoms with Crippen LogP contribution >= 0.6 is 0 Å². The van der Waals surface area contributed by atoms with Gasteiger partial charge in [0, 0.05) is 13.1 Å². The molecule has 6 nitrogen and oxygen atoms in total. The first-order chi connectivity index (χ1) is 9.74. The zero-order valence-electron chi connectivity index (χ0n) is 12.6. The van der Waals surface area contributed by atoms with Gasteiger partial charge >= 0.3 is 0 Å². The van der Waals surface area contributed by atoms with Gasteiger partial charge in [-0.15, -0.1) is 0 Å². The minimum absolute atomic E-state index is 0.721. The molecule has 0 spiro atoms. The summed E-state index contributed by atoms with van der Waals surface area (Å²) < 4.78 is 0. The van der Waals surface area contributed by atoms with Crippen molar-refractivity contribution in [3.8, 4) is 0 Å². The van der Waals surface area contributed by atoms with Crippen molar-refractivity contribution in [2.24, 2.45) is 0 Å². The van der Waals surface area contributed by atoms with E-state index >= 15 is 0 Å². The first-order valence-corrected chi connectivity index (χ1v) is 7.38. The molecule has 2 N–H and O–H groups in total. The van der Waals surface area contributed by atoms with E-state index in [0.717, 1.165) is 49.0 Å². The second-order valence-electron chi connectivity index (χ2n) is 4.99. The summed E-state index contributed by atoms with van der Waals surface area (Å²) in [6.45, 7) is 10.5. The molecular weight excluding hydrogens is 252 g/mol. The van der Waals surface area contributed by atoms with E-state index in [9.17, 15) is 0 Å². The summed E-state index contributed by atoms with van der Waals surface area (Å²) in [6, 6.07) is 0. The monoisotopic (exact) mass is 276 g/mol. The van der Waals surface area contributed by atoms with Gasteiger partial charge in [-0.2, -0.15) is 0 Å². The third kappa shape index (κ3) is 3.66. The Bertz CT molecular complexity index is 529. The van der Waals surface area contributed by atoms with Crippen LogP contribution in [0.5, 0.6) is 0 Å². The molecule has 6 heteroatoms. The summed E-state index contributed by atoms with van der Waals surface area (Å²) >= 11 is 0. The van der Waals surface area contributed by atoms with Crippen molar-refractivity contribution >= 4 is 17.0 Å². The number of rotatable bonds is 8. The van der Waals surface area contributed by atoms with Crippen LogP contribution in [0.25, 0.3) is 11.2 Å². The summed E-state index contributed by atoms with van der Waals surface area (Å²) in [5.74, 6) is 1.59. The zero-order chi connectivity index (χ0) is 14.4. The van der Waals surface area contributed by atoms with Crippen LogP contribution in [-0.4, -0.2) is 51.0 Å². The summed E-state index contributed by atoms with van der Waals surface area (Å²) in [6.07, 6.45) is 4.04. The molecular formula is C14H24N6. The molecule has 0 bridgehead atoms. The number of fused-ring (bicyclic) bond motifs is 1. The molecule has 2 rings (SSSR count). The Labute approximate surface area is 120 Å². The normalized spacial score (nSPS) is 11.4. The number of aromatic nitrogens is 4. The van der Waals surface area contributed by atoms with E-state index in [0.29, 0.717) is 0 Å². The Balaban J connectivity index is 1.96. The molecule has 110 valence electrons. The zero-order valence-corrected chi connectivity index (χ0v) is 12.6. The number of nitrogens with one attached hydrogen (secondary N) is 2. The van der Waals surface area contributed by atoms with Gasteiger partial charge < -0.3 is 15.2 Å². The molecule has 0 aliphatic heterocycles. The topological polar surface area (TPSA) is 69.7 Å². The molecule has 0 saturated heterocycles. The number of anilines is 1. The number of hydrogen-bond donors (Lipinski definition) is 2. The summed E-state index contributed by atoms with van der Waals surface area (Å²) in [7, 11) is 0. The van der Waals surface area contributed by atoms with Crippen molar-refractivity contribution in [3.05, 3.63) is 12.2 Å². The smallest absolute Gasteiger partial charge is 0.183 e. The minimum atomic E-state index is 0.721. The first-order valence-electron chi connectivity index (χ1n) is 7.38. The fourth-order valence-corrected chi connectivity index (χ4v) is 2.37. The largest absolute Gasteiger partial charge is 0.367 e. The molecule has 20 heavy (non-hydrogen) atoms. The van der Waals surface area contributed by atoms with Gasteiger partial charge in [0.25, 0.3) is 0 Å². The summed E-state index contributed by atoms with van der Waals surface area (Å²) in [5.41, 5.74) is 1.60. The van der Waals surface area contributed by atoms with Crippen LogP contribution < -0.4 is 5.32 Å². The Morgan fingerprint density at radius 1 is 1.15 bits per heavy atom. The van der Waals surface area contributed by atoms with Gasteiger partial charge in [-0.25, -0.2) is 15.0 Å². The van der Waals surface area contributed by atoms with Crippen molar-refractivity contribution in [2.45, 2.75) is 33.6 Å². The number of aromatic amines is 1. The standard InChI is InChI=1S/C14H24N6/c1-4-7-20(8-5-2)9-6-15-13-12-14(17-10-16-12)19-11(3)18-13/h10H,4-9H2,1-3H3,(H2,15,16,17,18,19). The van der Waals surface area contributed by atoms with Gasteiger partial charge in [0.2, 0.25) is 0 Å². The SMILES string of the molecule is CCCN(CCC)CCNc1nc(C)nc2nc[nH]c12. The third-order valence-electron chi connectivity index (χ3n) is 3.20. The fraction of sp³-hybridized carbons (Fsp3) is 0.643. The predicted octanol–water partition coefficient (Wildman–Crippen LogP) is 2.20. The van der Waals surface area contributed by atoms with E-state index < -0.39 is 0 Å². The molecule has 0 radical (unpaired) electrons. The molecule has 0 aromatic carbocycles. The average molecular weight is 276 g/mol. The lowest BCUT2D eigenvalue weighted by molar-refractivity contribution is 0.285. The van der Waals surface area contributed by atoms with E-state index in [1.165, 1.54) is 12.8 Å². The van der Waals surface area contributed by atoms with Crippen LogP contribution in [0.4, 0.5) is 5.82 Å². The van der Waals surface area contributed by atoms with E-state index in [2.05, 4.69) is 44.0 Å². The quantitative estimate of drug-likeness (QED) is 0.773. The Kier molecular flexibility index (Phi) is 5.29. The summed E-state index contributed by atoms with van der Waals surface area (Å²) in [4.78, 5) is 18.5. The highest BCUT2D eigenvalue weighted by atomic mass is 15.2. The molecule has 2 heterocycles. The maximum absolute atomic E-state index is 4.45. The Morgan fingerprint density at radius 2 is 1.90 bits per heavy atom. The van der Waals surface area contributed by atoms with Gasteiger partial charge in [0.1, 0.15) is 11.3 Å². The molecule has 2 aromatic rings. The molecule has 0 unspecified atom stereocenters. The highest BCUT2D eigenvalue weighted by molar-refractivity contribution is 5.82. The number of H-pyrrole nitrogens is 1. The van der Waals surface area contributed by atoms with Gasteiger partial charge in [0.05, 0.1) is 6.33 Å². The van der Waals surface area contributed by atoms with E-state index in [1.54, 1.807) is 6.33 Å². The van der Waals surface area contributed by atoms with Crippen LogP contribution in [0.1, 0.15) is 32.5 Å². The number of nitrogens with zero attached hydrogens (tertiary/aromatic N) is 4. The van der Waals surface area contributed by atoms with Gasteiger partial charge in [-0.1, -0.05) is 13.8 Å². The van der Waals surface area contributed by atoms with Crippen molar-refractivity contribution in [1.29, 1.82) is 0 Å². The maximum atomic E-state index is 4.45. The van der Waals surface area contributed by atoms with E-state index in [4.69, 9.17) is 0 Å². The molecule has 0 amide bonds. The Hall–Kier alpha value is -1.69. The molecule has 0 atom stereocenters. The van der Waals surface area contributed by atoms with Crippen LogP contribution in [0.2, 0.25) is 0 Å². The van der Waals surface area contributed by atoms with Gasteiger partial charge in [-0.05, 0) is 32.9 Å². The van der Waals surface area contributed by atoms with Crippen molar-refractivity contribution in [3.63, 3.8) is 0 Å². The molecule has 0 saturated carbocycles. The minimum Gasteiger partial charge on any atom is -0.367 e. The highest BCUT2D eigenvalue weighted by Crippen LogP contribution is 2.15. The molecule has 0 aliphatic rings. The van der Waals surface area contributed by atoms with Crippen molar-refractivity contribution in [2.75, 3.05) is 31.5 Å². The third-order valence-corrected chi connectivity index (χ3v) is 3.20. The van der Waals surface area contributed by atoms with Crippen LogP contribution in [-0.2, 0) is 0 Å². The number of imidazole rings is 1. The van der Waals surface area contributed by atoms with Crippen molar-refractivity contribution < 1.29 is 0 Å². The van der Waals surface area contributed by atoms with E-state index in [-0.39, 0.29) is 0 Å². The van der Waals surface area contributed by atoms with Crippen molar-refractivity contribution in [1.82, 2.24) is 24.8 Å². The lowest BCUT2D eigenvalue weighted by Crippen LogP contribution is -2.30. The highest BCUT2D eigenvalue weighted by Gasteiger charge is 2.08. The second kappa shape index (κ2) is 7.19. The summed E-state index contributed by atoms with van der Waals surface area (Å²) in [5, 5.41) is 3.40. The second-order valence-corrected chi connectivity index (χ2v) is 4.99. The molecule has 0 aliphatic carbocycles. The van der Waals surface area contributed by atoms with E-state index in [1.807, 2.05) is 6.92 Å². The fourth-order valence-electron chi connectivity index (χ4n) is 2.37.